The zero-order valence-corrected chi connectivity index (χ0v) is 6.76. The molecule has 0 saturated carbocycles. The van der Waals surface area contributed by atoms with Gasteiger partial charge in [-0.1, -0.05) is 13.8 Å². The molecule has 0 fully saturated rings. The van der Waals surface area contributed by atoms with Gasteiger partial charge in [-0.2, -0.15) is 0 Å². The van der Waals surface area contributed by atoms with Gasteiger partial charge in [0.1, 0.15) is 0 Å². The molecular weight excluding hydrogens is 124 g/mol. The highest BCUT2D eigenvalue weighted by molar-refractivity contribution is 4.87. The van der Waals surface area contributed by atoms with Crippen molar-refractivity contribution in [2.75, 3.05) is 0 Å². The van der Waals surface area contributed by atoms with Gasteiger partial charge < -0.3 is 4.74 Å². The van der Waals surface area contributed by atoms with Crippen LogP contribution in [0.4, 0.5) is 0 Å². The molecule has 0 N–H and O–H groups in total. The quantitative estimate of drug-likeness (QED) is 0.531. The Morgan fingerprint density at radius 1 is 1.60 bits per heavy atom. The molecule has 0 amide bonds. The van der Waals surface area contributed by atoms with Gasteiger partial charge in [0, 0.05) is 6.42 Å². The van der Waals surface area contributed by atoms with Crippen LogP contribution in [-0.4, -0.2) is 6.10 Å². The van der Waals surface area contributed by atoms with Crippen LogP contribution in [0.1, 0.15) is 33.1 Å². The van der Waals surface area contributed by atoms with E-state index in [2.05, 4.69) is 12.8 Å². The molecule has 0 aliphatic carbocycles. The van der Waals surface area contributed by atoms with Crippen LogP contribution in [-0.2, 0) is 4.74 Å². The molecule has 1 unspecified atom stereocenters. The molecule has 0 aromatic carbocycles. The topological polar surface area (TPSA) is 9.23 Å². The Kier molecular flexibility index (Phi) is 6.32. The predicted molar refractivity (Wildman–Crippen MR) is 43.2 cm³/mol. The lowest BCUT2D eigenvalue weighted by molar-refractivity contribution is 0.103. The SMILES string of the molecule is C#CCC(CC)O[CH]CC. The Labute approximate surface area is 63.8 Å². The Balaban J connectivity index is 3.32. The summed E-state index contributed by atoms with van der Waals surface area (Å²) >= 11 is 0. The van der Waals surface area contributed by atoms with Crippen molar-refractivity contribution in [3.8, 4) is 12.3 Å². The molecule has 0 heterocycles. The fraction of sp³-hybridized carbons (Fsp3) is 0.667. The van der Waals surface area contributed by atoms with Crippen LogP contribution in [0.5, 0.6) is 0 Å². The number of terminal acetylenes is 1. The van der Waals surface area contributed by atoms with Crippen LogP contribution in [0.15, 0.2) is 0 Å². The molecule has 1 radical (unpaired) electrons. The second-order valence-corrected chi connectivity index (χ2v) is 2.15. The third-order valence-electron chi connectivity index (χ3n) is 1.26. The number of ether oxygens (including phenoxy) is 1. The highest BCUT2D eigenvalue weighted by Crippen LogP contribution is 2.04. The largest absolute Gasteiger partial charge is 0.371 e. The van der Waals surface area contributed by atoms with Crippen LogP contribution < -0.4 is 0 Å². The molecule has 1 nitrogen and oxygen atoms in total. The van der Waals surface area contributed by atoms with Crippen LogP contribution >= 0.6 is 0 Å². The Bertz CT molecular complexity index is 102. The summed E-state index contributed by atoms with van der Waals surface area (Å²) in [6.45, 7) is 5.93. The minimum Gasteiger partial charge on any atom is -0.371 e. The lowest BCUT2D eigenvalue weighted by Gasteiger charge is -2.10. The molecule has 57 valence electrons. The molecule has 0 saturated heterocycles. The number of hydrogen-bond donors (Lipinski definition) is 0. The summed E-state index contributed by atoms with van der Waals surface area (Å²) in [4.78, 5) is 0. The van der Waals surface area contributed by atoms with E-state index in [0.717, 1.165) is 12.8 Å². The molecule has 10 heavy (non-hydrogen) atoms. The molecule has 0 rings (SSSR count). The van der Waals surface area contributed by atoms with Gasteiger partial charge in [-0.05, 0) is 12.8 Å². The molecular formula is C9H15O. The van der Waals surface area contributed by atoms with Gasteiger partial charge >= 0.3 is 0 Å². The van der Waals surface area contributed by atoms with E-state index in [1.54, 1.807) is 0 Å². The van der Waals surface area contributed by atoms with Crippen LogP contribution in [0.2, 0.25) is 0 Å². The van der Waals surface area contributed by atoms with Gasteiger partial charge in [0.25, 0.3) is 0 Å². The van der Waals surface area contributed by atoms with Crippen molar-refractivity contribution in [2.45, 2.75) is 39.2 Å². The first-order chi connectivity index (χ1) is 4.85. The van der Waals surface area contributed by atoms with Gasteiger partial charge in [-0.15, -0.1) is 12.3 Å². The molecule has 1 heteroatoms. The van der Waals surface area contributed by atoms with Crippen molar-refractivity contribution in [3.05, 3.63) is 6.61 Å². The van der Waals surface area contributed by atoms with Crippen molar-refractivity contribution < 1.29 is 4.74 Å². The summed E-state index contributed by atoms with van der Waals surface area (Å²) in [5.74, 6) is 2.58. The Morgan fingerprint density at radius 2 is 2.30 bits per heavy atom. The van der Waals surface area contributed by atoms with E-state index in [4.69, 9.17) is 11.2 Å². The summed E-state index contributed by atoms with van der Waals surface area (Å²) in [5, 5.41) is 0. The fourth-order valence-corrected chi connectivity index (χ4v) is 0.652. The second kappa shape index (κ2) is 6.64. The monoisotopic (exact) mass is 139 g/mol. The van der Waals surface area contributed by atoms with Crippen LogP contribution in [0.3, 0.4) is 0 Å². The predicted octanol–water partition coefficient (Wildman–Crippen LogP) is 2.38. The zero-order valence-electron chi connectivity index (χ0n) is 6.76. The van der Waals surface area contributed by atoms with Gasteiger partial charge in [-0.25, -0.2) is 0 Å². The van der Waals surface area contributed by atoms with E-state index in [-0.39, 0.29) is 6.10 Å². The normalized spacial score (nSPS) is 12.5. The standard InChI is InChI=1S/C9H15O/c1-4-7-9(6-3)10-8-5-2/h1,8-9H,5-7H2,2-3H3. The lowest BCUT2D eigenvalue weighted by Crippen LogP contribution is -2.08. The molecule has 0 aromatic rings. The van der Waals surface area contributed by atoms with E-state index in [9.17, 15) is 0 Å². The molecule has 0 bridgehead atoms. The number of rotatable bonds is 5. The maximum atomic E-state index is 5.31. The fourth-order valence-electron chi connectivity index (χ4n) is 0.652. The average molecular weight is 139 g/mol. The minimum atomic E-state index is 0.227. The van der Waals surface area contributed by atoms with Gasteiger partial charge in [0.2, 0.25) is 0 Å². The van der Waals surface area contributed by atoms with Crippen LogP contribution in [0.25, 0.3) is 0 Å². The minimum absolute atomic E-state index is 0.227. The van der Waals surface area contributed by atoms with Crippen molar-refractivity contribution in [3.63, 3.8) is 0 Å². The molecule has 0 aromatic heterocycles. The first-order valence-corrected chi connectivity index (χ1v) is 3.75. The van der Waals surface area contributed by atoms with E-state index in [0.29, 0.717) is 6.42 Å². The highest BCUT2D eigenvalue weighted by atomic mass is 16.5. The maximum absolute atomic E-state index is 5.31. The number of hydrogen-bond acceptors (Lipinski definition) is 1. The summed E-state index contributed by atoms with van der Waals surface area (Å²) in [5.41, 5.74) is 0. The zero-order chi connectivity index (χ0) is 7.82. The molecule has 1 atom stereocenters. The van der Waals surface area contributed by atoms with Gasteiger partial charge in [0.05, 0.1) is 12.7 Å². The van der Waals surface area contributed by atoms with Crippen molar-refractivity contribution in [1.82, 2.24) is 0 Å². The summed E-state index contributed by atoms with van der Waals surface area (Å²) in [6, 6.07) is 0. The summed E-state index contributed by atoms with van der Waals surface area (Å²) in [7, 11) is 0. The third kappa shape index (κ3) is 4.40. The maximum Gasteiger partial charge on any atom is 0.0838 e. The van der Waals surface area contributed by atoms with Crippen molar-refractivity contribution in [1.29, 1.82) is 0 Å². The molecule has 0 aliphatic rings. The molecule has 0 aliphatic heterocycles. The first kappa shape index (κ1) is 9.52. The van der Waals surface area contributed by atoms with E-state index < -0.39 is 0 Å². The molecule has 0 spiro atoms. The Hall–Kier alpha value is -0.480. The van der Waals surface area contributed by atoms with Gasteiger partial charge in [0.15, 0.2) is 0 Å². The van der Waals surface area contributed by atoms with E-state index in [1.807, 2.05) is 13.5 Å². The average Bonchev–Trinajstić information content (AvgIpc) is 1.98. The third-order valence-corrected chi connectivity index (χ3v) is 1.26. The lowest BCUT2D eigenvalue weighted by atomic mass is 10.2. The van der Waals surface area contributed by atoms with E-state index in [1.165, 1.54) is 0 Å². The van der Waals surface area contributed by atoms with Gasteiger partial charge in [-0.3, -0.25) is 0 Å². The van der Waals surface area contributed by atoms with Crippen molar-refractivity contribution >= 4 is 0 Å². The second-order valence-electron chi connectivity index (χ2n) is 2.15. The highest BCUT2D eigenvalue weighted by Gasteiger charge is 2.02. The van der Waals surface area contributed by atoms with Crippen molar-refractivity contribution in [2.24, 2.45) is 0 Å². The first-order valence-electron chi connectivity index (χ1n) is 3.75. The smallest absolute Gasteiger partial charge is 0.0838 e. The Morgan fingerprint density at radius 3 is 2.70 bits per heavy atom. The van der Waals surface area contributed by atoms with Crippen LogP contribution in [0, 0.1) is 19.0 Å². The summed E-state index contributed by atoms with van der Waals surface area (Å²) in [6.07, 6.45) is 8.01. The summed E-state index contributed by atoms with van der Waals surface area (Å²) < 4.78 is 5.31. The van der Waals surface area contributed by atoms with E-state index >= 15 is 0 Å².